The molecule has 1 heterocycles. The second kappa shape index (κ2) is 5.61. The van der Waals surface area contributed by atoms with Gasteiger partial charge in [0, 0.05) is 24.7 Å². The first kappa shape index (κ1) is 13.2. The zero-order valence-corrected chi connectivity index (χ0v) is 10.9. The minimum atomic E-state index is -0.495. The molecule has 0 saturated carbocycles. The van der Waals surface area contributed by atoms with Crippen LogP contribution >= 0.6 is 0 Å². The predicted octanol–water partition coefficient (Wildman–Crippen LogP) is 2.08. The van der Waals surface area contributed by atoms with Crippen LogP contribution in [0.15, 0.2) is 18.2 Å². The first-order valence-electron chi connectivity index (χ1n) is 6.38. The van der Waals surface area contributed by atoms with Crippen molar-refractivity contribution in [3.8, 4) is 11.8 Å². The van der Waals surface area contributed by atoms with Gasteiger partial charge in [0.2, 0.25) is 0 Å². The second-order valence-electron chi connectivity index (χ2n) is 4.59. The topological polar surface area (TPSA) is 79.3 Å². The Kier molecular flexibility index (Phi) is 3.91. The zero-order valence-electron chi connectivity index (χ0n) is 10.9. The molecule has 0 aromatic heterocycles. The van der Waals surface area contributed by atoms with Crippen molar-refractivity contribution in [2.75, 3.05) is 17.2 Å². The lowest BCUT2D eigenvalue weighted by Gasteiger charge is -2.33. The number of rotatable bonds is 4. The molecule has 1 aromatic carbocycles. The summed E-state index contributed by atoms with van der Waals surface area (Å²) in [5.74, 6) is 0.599. The summed E-state index contributed by atoms with van der Waals surface area (Å²) in [6.45, 7) is 2.34. The molecule has 100 valence electrons. The van der Waals surface area contributed by atoms with Gasteiger partial charge in [-0.3, -0.25) is 4.79 Å². The van der Waals surface area contributed by atoms with E-state index in [1.807, 2.05) is 0 Å². The van der Waals surface area contributed by atoms with Crippen LogP contribution in [0.2, 0.25) is 0 Å². The molecule has 19 heavy (non-hydrogen) atoms. The molecule has 5 nitrogen and oxygen atoms in total. The van der Waals surface area contributed by atoms with Gasteiger partial charge in [0.15, 0.2) is 6.10 Å². The number of nitriles is 1. The number of ether oxygens (including phenoxy) is 1. The summed E-state index contributed by atoms with van der Waals surface area (Å²) >= 11 is 0. The molecule has 1 atom stereocenters. The molecule has 5 heteroatoms. The number of amides is 1. The lowest BCUT2D eigenvalue weighted by Crippen LogP contribution is -2.44. The van der Waals surface area contributed by atoms with Gasteiger partial charge in [-0.1, -0.05) is 0 Å². The van der Waals surface area contributed by atoms with Crippen molar-refractivity contribution in [3.05, 3.63) is 18.2 Å². The monoisotopic (exact) mass is 259 g/mol. The summed E-state index contributed by atoms with van der Waals surface area (Å²) in [5, 5.41) is 8.52. The zero-order chi connectivity index (χ0) is 13.8. The molecule has 0 spiro atoms. The van der Waals surface area contributed by atoms with Crippen molar-refractivity contribution in [1.29, 1.82) is 5.26 Å². The van der Waals surface area contributed by atoms with Gasteiger partial charge in [-0.05, 0) is 31.9 Å². The van der Waals surface area contributed by atoms with E-state index in [4.69, 9.17) is 15.7 Å². The average molecular weight is 259 g/mol. The summed E-state index contributed by atoms with van der Waals surface area (Å²) in [7, 11) is 0. The fourth-order valence-electron chi connectivity index (χ4n) is 2.13. The molecule has 1 amide bonds. The van der Waals surface area contributed by atoms with E-state index in [9.17, 15) is 4.79 Å². The molecule has 1 aliphatic rings. The van der Waals surface area contributed by atoms with Crippen LogP contribution in [0.3, 0.4) is 0 Å². The smallest absolute Gasteiger partial charge is 0.267 e. The predicted molar refractivity (Wildman–Crippen MR) is 72.8 cm³/mol. The highest BCUT2D eigenvalue weighted by Crippen LogP contribution is 2.35. The first-order chi connectivity index (χ1) is 9.13. The summed E-state index contributed by atoms with van der Waals surface area (Å²) in [5.41, 5.74) is 7.10. The molecular formula is C14H17N3O2. The number of fused-ring (bicyclic) bond motifs is 1. The lowest BCUT2D eigenvalue weighted by molar-refractivity contribution is -0.125. The quantitative estimate of drug-likeness (QED) is 0.663. The molecule has 0 aliphatic carbocycles. The Labute approximate surface area is 112 Å². The van der Waals surface area contributed by atoms with E-state index in [1.54, 1.807) is 30.0 Å². The SMILES string of the molecule is CC1Oc2cc(N)ccc2N(CCCCC#N)C1=O. The Bertz CT molecular complexity index is 522. The minimum absolute atomic E-state index is 0.0470. The molecule has 0 saturated heterocycles. The Morgan fingerprint density at radius 3 is 3.00 bits per heavy atom. The van der Waals surface area contributed by atoms with E-state index >= 15 is 0 Å². The van der Waals surface area contributed by atoms with Crippen LogP contribution in [0.5, 0.6) is 5.75 Å². The number of nitrogens with zero attached hydrogens (tertiary/aromatic N) is 2. The number of benzene rings is 1. The van der Waals surface area contributed by atoms with E-state index < -0.39 is 6.10 Å². The number of hydrogen-bond donors (Lipinski definition) is 1. The van der Waals surface area contributed by atoms with Gasteiger partial charge in [-0.2, -0.15) is 5.26 Å². The number of nitrogens with two attached hydrogens (primary N) is 1. The van der Waals surface area contributed by atoms with Crippen LogP contribution in [0, 0.1) is 11.3 Å². The molecular weight excluding hydrogens is 242 g/mol. The molecule has 1 aliphatic heterocycles. The van der Waals surface area contributed by atoms with Crippen LogP contribution in [-0.2, 0) is 4.79 Å². The van der Waals surface area contributed by atoms with Crippen LogP contribution in [0.4, 0.5) is 11.4 Å². The normalized spacial score (nSPS) is 17.6. The molecule has 1 unspecified atom stereocenters. The van der Waals surface area contributed by atoms with Crippen LogP contribution in [-0.4, -0.2) is 18.6 Å². The van der Waals surface area contributed by atoms with E-state index in [2.05, 4.69) is 6.07 Å². The Balaban J connectivity index is 2.17. The van der Waals surface area contributed by atoms with Crippen molar-refractivity contribution in [2.45, 2.75) is 32.3 Å². The van der Waals surface area contributed by atoms with Crippen molar-refractivity contribution in [2.24, 2.45) is 0 Å². The van der Waals surface area contributed by atoms with Crippen LogP contribution in [0.25, 0.3) is 0 Å². The average Bonchev–Trinajstić information content (AvgIpc) is 2.38. The number of unbranched alkanes of at least 4 members (excludes halogenated alkanes) is 2. The van der Waals surface area contributed by atoms with E-state index in [1.165, 1.54) is 0 Å². The fraction of sp³-hybridized carbons (Fsp3) is 0.429. The number of carbonyl (C=O) groups excluding carboxylic acids is 1. The van der Waals surface area contributed by atoms with Crippen molar-refractivity contribution < 1.29 is 9.53 Å². The third-order valence-corrected chi connectivity index (χ3v) is 3.11. The Morgan fingerprint density at radius 2 is 2.26 bits per heavy atom. The molecule has 1 aromatic rings. The third-order valence-electron chi connectivity index (χ3n) is 3.11. The maximum Gasteiger partial charge on any atom is 0.267 e. The van der Waals surface area contributed by atoms with E-state index in [0.717, 1.165) is 18.5 Å². The van der Waals surface area contributed by atoms with Gasteiger partial charge >= 0.3 is 0 Å². The summed E-state index contributed by atoms with van der Waals surface area (Å²) in [6.07, 6.45) is 1.61. The van der Waals surface area contributed by atoms with Gasteiger partial charge in [0.25, 0.3) is 5.91 Å². The number of hydrogen-bond acceptors (Lipinski definition) is 4. The highest BCUT2D eigenvalue weighted by molar-refractivity contribution is 6.00. The lowest BCUT2D eigenvalue weighted by atomic mass is 10.1. The summed E-state index contributed by atoms with van der Waals surface area (Å²) < 4.78 is 5.56. The van der Waals surface area contributed by atoms with Gasteiger partial charge in [0.1, 0.15) is 5.75 Å². The number of nitrogen functional groups attached to an aromatic ring is 1. The molecule has 0 radical (unpaired) electrons. The standard InChI is InChI=1S/C14H17N3O2/c1-10-14(18)17(8-4-2-3-7-15)12-6-5-11(16)9-13(12)19-10/h5-6,9-10H,2-4,8,16H2,1H3. The van der Waals surface area contributed by atoms with Gasteiger partial charge in [-0.15, -0.1) is 0 Å². The first-order valence-corrected chi connectivity index (χ1v) is 6.38. The minimum Gasteiger partial charge on any atom is -0.479 e. The highest BCUT2D eigenvalue weighted by Gasteiger charge is 2.30. The van der Waals surface area contributed by atoms with Gasteiger partial charge in [-0.25, -0.2) is 0 Å². The maximum absolute atomic E-state index is 12.1. The van der Waals surface area contributed by atoms with Crippen molar-refractivity contribution in [1.82, 2.24) is 0 Å². The second-order valence-corrected chi connectivity index (χ2v) is 4.59. The third kappa shape index (κ3) is 2.79. The van der Waals surface area contributed by atoms with Gasteiger partial charge in [0.05, 0.1) is 11.8 Å². The van der Waals surface area contributed by atoms with E-state index in [0.29, 0.717) is 24.4 Å². The maximum atomic E-state index is 12.1. The molecule has 0 fully saturated rings. The van der Waals surface area contributed by atoms with Crippen LogP contribution in [0.1, 0.15) is 26.2 Å². The summed E-state index contributed by atoms with van der Waals surface area (Å²) in [6, 6.07) is 7.41. The largest absolute Gasteiger partial charge is 0.479 e. The molecule has 2 rings (SSSR count). The fourth-order valence-corrected chi connectivity index (χ4v) is 2.13. The van der Waals surface area contributed by atoms with E-state index in [-0.39, 0.29) is 5.91 Å². The molecule has 0 bridgehead atoms. The Morgan fingerprint density at radius 1 is 1.47 bits per heavy atom. The number of carbonyl (C=O) groups is 1. The summed E-state index contributed by atoms with van der Waals surface area (Å²) in [4.78, 5) is 13.9. The van der Waals surface area contributed by atoms with Crippen molar-refractivity contribution >= 4 is 17.3 Å². The molecule has 2 N–H and O–H groups in total. The highest BCUT2D eigenvalue weighted by atomic mass is 16.5. The van der Waals surface area contributed by atoms with Gasteiger partial charge < -0.3 is 15.4 Å². The van der Waals surface area contributed by atoms with Crippen molar-refractivity contribution in [3.63, 3.8) is 0 Å². The van der Waals surface area contributed by atoms with Crippen LogP contribution < -0.4 is 15.4 Å². The number of anilines is 2. The Hall–Kier alpha value is -2.22.